The Morgan fingerprint density at radius 1 is 1.60 bits per heavy atom. The maximum Gasteiger partial charge on any atom is 0.299 e. The molecule has 0 bridgehead atoms. The van der Waals surface area contributed by atoms with Crippen LogP contribution < -0.4 is 0 Å². The Morgan fingerprint density at radius 2 is 2.20 bits per heavy atom. The standard InChI is InChI=1S/C7H3F2IN2O3/c8-7(9)6-5(10)3(2-13)4(1-11-6)12(14)15/h1-2,7H. The van der Waals surface area contributed by atoms with Gasteiger partial charge >= 0.3 is 0 Å². The molecular formula is C7H3F2IN2O3. The molecule has 0 aliphatic carbocycles. The fourth-order valence-electron chi connectivity index (χ4n) is 0.917. The molecule has 1 aromatic rings. The van der Waals surface area contributed by atoms with E-state index in [9.17, 15) is 23.7 Å². The average molecular weight is 328 g/mol. The Hall–Kier alpha value is -1.19. The van der Waals surface area contributed by atoms with Crippen molar-refractivity contribution in [3.63, 3.8) is 0 Å². The van der Waals surface area contributed by atoms with Crippen molar-refractivity contribution in [1.29, 1.82) is 0 Å². The zero-order valence-corrected chi connectivity index (χ0v) is 9.14. The van der Waals surface area contributed by atoms with E-state index in [-0.39, 0.29) is 15.4 Å². The van der Waals surface area contributed by atoms with Crippen LogP contribution in [0.5, 0.6) is 0 Å². The molecule has 1 rings (SSSR count). The summed E-state index contributed by atoms with van der Waals surface area (Å²) in [5, 5.41) is 10.4. The van der Waals surface area contributed by atoms with Crippen molar-refractivity contribution < 1.29 is 18.5 Å². The first-order chi connectivity index (χ1) is 6.99. The van der Waals surface area contributed by atoms with Crippen LogP contribution in [0.1, 0.15) is 22.5 Å². The molecular weight excluding hydrogens is 325 g/mol. The Labute approximate surface area is 95.8 Å². The van der Waals surface area contributed by atoms with Gasteiger partial charge in [-0.3, -0.25) is 14.9 Å². The molecule has 0 aliphatic rings. The lowest BCUT2D eigenvalue weighted by atomic mass is 10.2. The molecule has 0 spiro atoms. The maximum atomic E-state index is 12.3. The molecule has 0 unspecified atom stereocenters. The van der Waals surface area contributed by atoms with Gasteiger partial charge in [0, 0.05) is 0 Å². The summed E-state index contributed by atoms with van der Waals surface area (Å²) in [4.78, 5) is 23.4. The maximum absolute atomic E-state index is 12.3. The van der Waals surface area contributed by atoms with Gasteiger partial charge in [0.1, 0.15) is 17.5 Å². The van der Waals surface area contributed by atoms with Gasteiger partial charge in [-0.25, -0.2) is 13.8 Å². The number of pyridine rings is 1. The zero-order chi connectivity index (χ0) is 11.6. The highest BCUT2D eigenvalue weighted by Gasteiger charge is 2.24. The molecule has 80 valence electrons. The van der Waals surface area contributed by atoms with Crippen LogP contribution in [0.4, 0.5) is 14.5 Å². The number of alkyl halides is 2. The Morgan fingerprint density at radius 3 is 2.60 bits per heavy atom. The van der Waals surface area contributed by atoms with Crippen LogP contribution in [0.15, 0.2) is 6.20 Å². The first-order valence-corrected chi connectivity index (χ1v) is 4.63. The molecule has 1 aromatic heterocycles. The van der Waals surface area contributed by atoms with Crippen LogP contribution in [-0.2, 0) is 0 Å². The van der Waals surface area contributed by atoms with Gasteiger partial charge in [0.15, 0.2) is 6.29 Å². The Kier molecular flexibility index (Phi) is 3.61. The lowest BCUT2D eigenvalue weighted by Crippen LogP contribution is -2.03. The minimum Gasteiger partial charge on any atom is -0.298 e. The van der Waals surface area contributed by atoms with E-state index in [2.05, 4.69) is 4.98 Å². The van der Waals surface area contributed by atoms with Crippen LogP contribution in [0, 0.1) is 13.7 Å². The lowest BCUT2D eigenvalue weighted by molar-refractivity contribution is -0.385. The predicted octanol–water partition coefficient (Wildman–Crippen LogP) is 2.34. The zero-order valence-electron chi connectivity index (χ0n) is 6.99. The number of nitro groups is 1. The topological polar surface area (TPSA) is 73.1 Å². The van der Waals surface area contributed by atoms with E-state index >= 15 is 0 Å². The minimum atomic E-state index is -2.86. The Bertz CT molecular complexity index is 425. The highest BCUT2D eigenvalue weighted by atomic mass is 127. The number of nitrogens with zero attached hydrogens (tertiary/aromatic N) is 2. The lowest BCUT2D eigenvalue weighted by Gasteiger charge is -2.04. The van der Waals surface area contributed by atoms with Crippen molar-refractivity contribution in [3.8, 4) is 0 Å². The molecule has 0 saturated heterocycles. The quantitative estimate of drug-likeness (QED) is 0.369. The van der Waals surface area contributed by atoms with Crippen LogP contribution >= 0.6 is 22.6 Å². The Balaban J connectivity index is 3.45. The number of carbonyl (C=O) groups is 1. The summed E-state index contributed by atoms with van der Waals surface area (Å²) in [7, 11) is 0. The third-order valence-corrected chi connectivity index (χ3v) is 2.72. The van der Waals surface area contributed by atoms with Crippen molar-refractivity contribution in [2.75, 3.05) is 0 Å². The second-order valence-corrected chi connectivity index (χ2v) is 3.51. The predicted molar refractivity (Wildman–Crippen MR) is 54.0 cm³/mol. The second kappa shape index (κ2) is 4.55. The molecule has 0 radical (unpaired) electrons. The van der Waals surface area contributed by atoms with Gasteiger partial charge < -0.3 is 0 Å². The monoisotopic (exact) mass is 328 g/mol. The number of rotatable bonds is 3. The smallest absolute Gasteiger partial charge is 0.298 e. The van der Waals surface area contributed by atoms with E-state index in [0.29, 0.717) is 6.20 Å². The van der Waals surface area contributed by atoms with E-state index in [0.717, 1.165) is 0 Å². The second-order valence-electron chi connectivity index (χ2n) is 2.43. The van der Waals surface area contributed by atoms with E-state index in [1.54, 1.807) is 0 Å². The number of hydrogen-bond acceptors (Lipinski definition) is 4. The molecule has 0 amide bonds. The molecule has 0 N–H and O–H groups in total. The summed E-state index contributed by atoms with van der Waals surface area (Å²) in [6.07, 6.45) is -2.03. The fourth-order valence-corrected chi connectivity index (χ4v) is 1.70. The molecule has 1 heterocycles. The van der Waals surface area contributed by atoms with Crippen molar-refractivity contribution in [1.82, 2.24) is 4.98 Å². The van der Waals surface area contributed by atoms with Crippen molar-refractivity contribution >= 4 is 34.6 Å². The molecule has 0 aromatic carbocycles. The van der Waals surface area contributed by atoms with Gasteiger partial charge in [0.2, 0.25) is 0 Å². The first-order valence-electron chi connectivity index (χ1n) is 3.55. The molecule has 0 aliphatic heterocycles. The molecule has 8 heteroatoms. The average Bonchev–Trinajstić information content (AvgIpc) is 2.16. The summed E-state index contributed by atoms with van der Waals surface area (Å²) in [5.74, 6) is 0. The van der Waals surface area contributed by atoms with Gasteiger partial charge in [0.05, 0.1) is 8.49 Å². The third-order valence-electron chi connectivity index (χ3n) is 1.58. The van der Waals surface area contributed by atoms with Crippen molar-refractivity contribution in [3.05, 3.63) is 31.1 Å². The molecule has 0 atom stereocenters. The molecule has 5 nitrogen and oxygen atoms in total. The molecule has 0 fully saturated rings. The third kappa shape index (κ3) is 2.25. The summed E-state index contributed by atoms with van der Waals surface area (Å²) >= 11 is 1.44. The normalized spacial score (nSPS) is 10.4. The molecule has 0 saturated carbocycles. The summed E-state index contributed by atoms with van der Waals surface area (Å²) in [6.45, 7) is 0. The largest absolute Gasteiger partial charge is 0.299 e. The van der Waals surface area contributed by atoms with Gasteiger partial charge in [-0.2, -0.15) is 0 Å². The van der Waals surface area contributed by atoms with Crippen LogP contribution in [0.2, 0.25) is 0 Å². The van der Waals surface area contributed by atoms with Gasteiger partial charge in [-0.15, -0.1) is 0 Å². The van der Waals surface area contributed by atoms with E-state index in [1.165, 1.54) is 22.6 Å². The van der Waals surface area contributed by atoms with E-state index < -0.39 is 22.7 Å². The summed E-state index contributed by atoms with van der Waals surface area (Å²) < 4.78 is 24.5. The van der Waals surface area contributed by atoms with Crippen LogP contribution in [0.3, 0.4) is 0 Å². The number of halogens is 3. The highest BCUT2D eigenvalue weighted by Crippen LogP contribution is 2.28. The first kappa shape index (κ1) is 11.9. The number of aldehydes is 1. The summed E-state index contributed by atoms with van der Waals surface area (Å²) in [6, 6.07) is 0. The number of aromatic nitrogens is 1. The van der Waals surface area contributed by atoms with Crippen molar-refractivity contribution in [2.45, 2.75) is 6.43 Å². The van der Waals surface area contributed by atoms with Crippen LogP contribution in [-0.4, -0.2) is 16.2 Å². The fraction of sp³-hybridized carbons (Fsp3) is 0.143. The van der Waals surface area contributed by atoms with E-state index in [1.807, 2.05) is 0 Å². The molecule has 15 heavy (non-hydrogen) atoms. The summed E-state index contributed by atoms with van der Waals surface area (Å²) in [5.41, 5.74) is -1.56. The van der Waals surface area contributed by atoms with Gasteiger partial charge in [0.25, 0.3) is 12.1 Å². The van der Waals surface area contributed by atoms with E-state index in [4.69, 9.17) is 0 Å². The number of carbonyl (C=O) groups excluding carboxylic acids is 1. The SMILES string of the molecule is O=Cc1c([N+](=O)[O-])cnc(C(F)F)c1I. The van der Waals surface area contributed by atoms with Gasteiger partial charge in [-0.05, 0) is 22.6 Å². The van der Waals surface area contributed by atoms with Gasteiger partial charge in [-0.1, -0.05) is 0 Å². The minimum absolute atomic E-state index is 0.174. The highest BCUT2D eigenvalue weighted by molar-refractivity contribution is 14.1. The van der Waals surface area contributed by atoms with Crippen molar-refractivity contribution in [2.24, 2.45) is 0 Å². The van der Waals surface area contributed by atoms with Crippen LogP contribution in [0.25, 0.3) is 0 Å². The number of hydrogen-bond donors (Lipinski definition) is 0.